The summed E-state index contributed by atoms with van der Waals surface area (Å²) < 4.78 is 0. The molecule has 1 heterocycles. The van der Waals surface area contributed by atoms with Crippen LogP contribution in [0.4, 0.5) is 4.79 Å². The quantitative estimate of drug-likeness (QED) is 0.770. The van der Waals surface area contributed by atoms with Crippen molar-refractivity contribution < 1.29 is 14.7 Å². The van der Waals surface area contributed by atoms with Gasteiger partial charge in [-0.3, -0.25) is 4.79 Å². The third kappa shape index (κ3) is 3.12. The number of carboxylic acids is 1. The highest BCUT2D eigenvalue weighted by molar-refractivity contribution is 5.76. The molecular formula is C11H20N2O3. The molecule has 1 N–H and O–H groups in total. The maximum atomic E-state index is 11.9. The van der Waals surface area contributed by atoms with Crippen molar-refractivity contribution in [1.82, 2.24) is 9.80 Å². The van der Waals surface area contributed by atoms with Crippen molar-refractivity contribution in [1.29, 1.82) is 0 Å². The lowest BCUT2D eigenvalue weighted by Gasteiger charge is -2.41. The molecule has 16 heavy (non-hydrogen) atoms. The Labute approximate surface area is 96.0 Å². The zero-order chi connectivity index (χ0) is 12.1. The molecule has 0 radical (unpaired) electrons. The van der Waals surface area contributed by atoms with Crippen molar-refractivity contribution in [2.75, 3.05) is 26.2 Å². The minimum absolute atomic E-state index is 0.0472. The summed E-state index contributed by atoms with van der Waals surface area (Å²) in [6, 6.07) is 0.0472. The van der Waals surface area contributed by atoms with Gasteiger partial charge < -0.3 is 14.9 Å². The van der Waals surface area contributed by atoms with Gasteiger partial charge in [-0.1, -0.05) is 6.92 Å². The first kappa shape index (κ1) is 12.8. The van der Waals surface area contributed by atoms with Crippen LogP contribution in [0.3, 0.4) is 0 Å². The molecule has 0 saturated carbocycles. The van der Waals surface area contributed by atoms with Gasteiger partial charge in [-0.05, 0) is 13.3 Å². The van der Waals surface area contributed by atoms with Crippen LogP contribution < -0.4 is 0 Å². The van der Waals surface area contributed by atoms with Crippen molar-refractivity contribution in [2.24, 2.45) is 5.92 Å². The van der Waals surface area contributed by atoms with Gasteiger partial charge in [-0.15, -0.1) is 0 Å². The smallest absolute Gasteiger partial charge is 0.320 e. The molecule has 0 spiro atoms. The first-order valence-electron chi connectivity index (χ1n) is 5.84. The van der Waals surface area contributed by atoms with Gasteiger partial charge in [0.2, 0.25) is 0 Å². The zero-order valence-electron chi connectivity index (χ0n) is 9.98. The van der Waals surface area contributed by atoms with Gasteiger partial charge in [-0.25, -0.2) is 4.79 Å². The van der Waals surface area contributed by atoms with Crippen LogP contribution in [0, 0.1) is 5.92 Å². The van der Waals surface area contributed by atoms with Gasteiger partial charge in [0.1, 0.15) is 0 Å². The second-order valence-corrected chi connectivity index (χ2v) is 4.23. The van der Waals surface area contributed by atoms with Crippen molar-refractivity contribution in [3.05, 3.63) is 0 Å². The number of nitrogens with zero attached hydrogens (tertiary/aromatic N) is 2. The number of carbonyl (C=O) groups is 2. The molecule has 2 amide bonds. The fourth-order valence-corrected chi connectivity index (χ4v) is 1.96. The van der Waals surface area contributed by atoms with Gasteiger partial charge >= 0.3 is 12.0 Å². The van der Waals surface area contributed by atoms with Gasteiger partial charge in [0.15, 0.2) is 0 Å². The number of carboxylic acid groups (broad SMARTS) is 1. The molecule has 5 heteroatoms. The minimum Gasteiger partial charge on any atom is -0.481 e. The highest BCUT2D eigenvalue weighted by Crippen LogP contribution is 2.20. The standard InChI is InChI=1S/C11H20N2O3/c1-3-5-12(4-2)11(16)13-7-9(8-13)6-10(14)15/h9H,3-8H2,1-2H3,(H,14,15). The Balaban J connectivity index is 2.32. The summed E-state index contributed by atoms with van der Waals surface area (Å²) in [7, 11) is 0. The topological polar surface area (TPSA) is 60.9 Å². The van der Waals surface area contributed by atoms with Crippen LogP contribution in [0.15, 0.2) is 0 Å². The van der Waals surface area contributed by atoms with Crippen LogP contribution >= 0.6 is 0 Å². The van der Waals surface area contributed by atoms with E-state index in [1.165, 1.54) is 0 Å². The summed E-state index contributed by atoms with van der Waals surface area (Å²) in [4.78, 5) is 25.9. The third-order valence-corrected chi connectivity index (χ3v) is 2.84. The SMILES string of the molecule is CCCN(CC)C(=O)N1CC(CC(=O)O)C1. The van der Waals surface area contributed by atoms with Crippen LogP contribution in [0.2, 0.25) is 0 Å². The summed E-state index contributed by atoms with van der Waals surface area (Å²) in [6.07, 6.45) is 1.12. The number of likely N-dealkylation sites (tertiary alicyclic amines) is 1. The zero-order valence-corrected chi connectivity index (χ0v) is 9.98. The fourth-order valence-electron chi connectivity index (χ4n) is 1.96. The highest BCUT2D eigenvalue weighted by atomic mass is 16.4. The van der Waals surface area contributed by atoms with Crippen LogP contribution in [-0.2, 0) is 4.79 Å². The van der Waals surface area contributed by atoms with Gasteiger partial charge in [0, 0.05) is 32.1 Å². The molecule has 0 atom stereocenters. The summed E-state index contributed by atoms with van der Waals surface area (Å²) >= 11 is 0. The average Bonchev–Trinajstić information content (AvgIpc) is 2.18. The lowest BCUT2D eigenvalue weighted by atomic mass is 9.97. The molecule has 0 aromatic carbocycles. The molecule has 1 aliphatic heterocycles. The van der Waals surface area contributed by atoms with Crippen molar-refractivity contribution >= 4 is 12.0 Å². The number of urea groups is 1. The second kappa shape index (κ2) is 5.72. The van der Waals surface area contributed by atoms with Gasteiger partial charge in [0.25, 0.3) is 0 Å². The maximum Gasteiger partial charge on any atom is 0.320 e. The Bertz CT molecular complexity index is 262. The van der Waals surface area contributed by atoms with Crippen molar-refractivity contribution in [3.63, 3.8) is 0 Å². The molecule has 0 unspecified atom stereocenters. The molecule has 0 bridgehead atoms. The number of rotatable bonds is 5. The van der Waals surface area contributed by atoms with E-state index in [0.717, 1.165) is 13.0 Å². The Kier molecular flexibility index (Phi) is 4.58. The van der Waals surface area contributed by atoms with Crippen LogP contribution in [-0.4, -0.2) is 53.1 Å². The van der Waals surface area contributed by atoms with E-state index < -0.39 is 5.97 Å². The fraction of sp³-hybridized carbons (Fsp3) is 0.818. The largest absolute Gasteiger partial charge is 0.481 e. The van der Waals surface area contributed by atoms with Crippen LogP contribution in [0.25, 0.3) is 0 Å². The monoisotopic (exact) mass is 228 g/mol. The Hall–Kier alpha value is -1.26. The predicted molar refractivity (Wildman–Crippen MR) is 60.2 cm³/mol. The normalized spacial score (nSPS) is 15.8. The number of hydrogen-bond acceptors (Lipinski definition) is 2. The van der Waals surface area contributed by atoms with Crippen molar-refractivity contribution in [2.45, 2.75) is 26.7 Å². The molecule has 0 aliphatic carbocycles. The summed E-state index contributed by atoms with van der Waals surface area (Å²) in [5.41, 5.74) is 0. The average molecular weight is 228 g/mol. The molecule has 1 aliphatic rings. The van der Waals surface area contributed by atoms with E-state index in [-0.39, 0.29) is 18.4 Å². The van der Waals surface area contributed by atoms with E-state index in [1.807, 2.05) is 13.8 Å². The molecule has 1 fully saturated rings. The van der Waals surface area contributed by atoms with E-state index in [4.69, 9.17) is 5.11 Å². The third-order valence-electron chi connectivity index (χ3n) is 2.84. The lowest BCUT2D eigenvalue weighted by molar-refractivity contribution is -0.139. The van der Waals surface area contributed by atoms with Crippen LogP contribution in [0.5, 0.6) is 0 Å². The molecule has 0 aromatic heterocycles. The molecule has 92 valence electrons. The van der Waals surface area contributed by atoms with E-state index in [1.54, 1.807) is 9.80 Å². The van der Waals surface area contributed by atoms with E-state index >= 15 is 0 Å². The predicted octanol–water partition coefficient (Wildman–Crippen LogP) is 1.24. The van der Waals surface area contributed by atoms with E-state index in [2.05, 4.69) is 0 Å². The second-order valence-electron chi connectivity index (χ2n) is 4.23. The van der Waals surface area contributed by atoms with Gasteiger partial charge in [0.05, 0.1) is 6.42 Å². The molecule has 5 nitrogen and oxygen atoms in total. The lowest BCUT2D eigenvalue weighted by Crippen LogP contribution is -2.55. The molecular weight excluding hydrogens is 208 g/mol. The maximum absolute atomic E-state index is 11.9. The minimum atomic E-state index is -0.780. The summed E-state index contributed by atoms with van der Waals surface area (Å²) in [5, 5.41) is 8.60. The first-order valence-corrected chi connectivity index (χ1v) is 5.84. The molecule has 0 aromatic rings. The molecule has 1 saturated heterocycles. The van der Waals surface area contributed by atoms with E-state index in [0.29, 0.717) is 19.6 Å². The Morgan fingerprint density at radius 1 is 1.38 bits per heavy atom. The highest BCUT2D eigenvalue weighted by Gasteiger charge is 2.33. The van der Waals surface area contributed by atoms with Gasteiger partial charge in [-0.2, -0.15) is 0 Å². The van der Waals surface area contributed by atoms with E-state index in [9.17, 15) is 9.59 Å². The number of aliphatic carboxylic acids is 1. The Morgan fingerprint density at radius 2 is 2.00 bits per heavy atom. The summed E-state index contributed by atoms with van der Waals surface area (Å²) in [5.74, 6) is -0.639. The van der Waals surface area contributed by atoms with Crippen molar-refractivity contribution in [3.8, 4) is 0 Å². The first-order chi connectivity index (χ1) is 7.58. The summed E-state index contributed by atoms with van der Waals surface area (Å²) in [6.45, 7) is 6.67. The Morgan fingerprint density at radius 3 is 2.44 bits per heavy atom. The number of carbonyl (C=O) groups excluding carboxylic acids is 1. The number of amides is 2. The van der Waals surface area contributed by atoms with Crippen LogP contribution in [0.1, 0.15) is 26.7 Å². The molecule has 1 rings (SSSR count). The number of hydrogen-bond donors (Lipinski definition) is 1.